The number of fused-ring (bicyclic) bond motifs is 1. The molecular formula is C24H31N7O2. The molecule has 9 heteroatoms. The zero-order valence-electron chi connectivity index (χ0n) is 18.9. The number of hydrazone groups is 1. The van der Waals surface area contributed by atoms with Crippen LogP contribution in [0.5, 0.6) is 0 Å². The molecule has 1 aliphatic carbocycles. The van der Waals surface area contributed by atoms with Gasteiger partial charge >= 0.3 is 0 Å². The number of amides is 1. The maximum atomic E-state index is 12.9. The van der Waals surface area contributed by atoms with Gasteiger partial charge in [-0.1, -0.05) is 24.3 Å². The van der Waals surface area contributed by atoms with Crippen LogP contribution in [0.25, 0.3) is 0 Å². The first-order chi connectivity index (χ1) is 16.1. The van der Waals surface area contributed by atoms with Crippen molar-refractivity contribution in [3.05, 3.63) is 53.3 Å². The van der Waals surface area contributed by atoms with Crippen molar-refractivity contribution in [3.8, 4) is 0 Å². The molecule has 9 nitrogen and oxygen atoms in total. The predicted octanol–water partition coefficient (Wildman–Crippen LogP) is 2.28. The summed E-state index contributed by atoms with van der Waals surface area (Å²) in [4.78, 5) is 23.6. The minimum absolute atomic E-state index is 0.00867. The number of piperidine rings is 1. The molecule has 1 unspecified atom stereocenters. The van der Waals surface area contributed by atoms with E-state index in [1.165, 1.54) is 11.1 Å². The Morgan fingerprint density at radius 3 is 2.48 bits per heavy atom. The molecule has 1 saturated heterocycles. The number of carbonyl (C=O) groups is 1. The number of nitrogens with zero attached hydrogens (tertiary/aromatic N) is 4. The number of benzene rings is 1. The highest BCUT2D eigenvalue weighted by atomic mass is 16.5. The topological polar surface area (TPSA) is 130 Å². The van der Waals surface area contributed by atoms with Gasteiger partial charge in [-0.3, -0.25) is 4.79 Å². The largest absolute Gasteiger partial charge is 0.372 e. The predicted molar refractivity (Wildman–Crippen MR) is 128 cm³/mol. The lowest BCUT2D eigenvalue weighted by Crippen LogP contribution is -2.41. The molecule has 1 aliphatic heterocycles. The van der Waals surface area contributed by atoms with Crippen LogP contribution in [0.4, 0.5) is 5.95 Å². The zero-order valence-corrected chi connectivity index (χ0v) is 18.9. The number of hydrogen-bond donors (Lipinski definition) is 3. The highest BCUT2D eigenvalue weighted by Crippen LogP contribution is 2.25. The Hall–Kier alpha value is -3.33. The standard InChI is InChI=1S/C24H31N7O2/c1-16(33-15-22(12-25)30-26)17-6-8-31(9-7-17)23(32)20-13-27-24(28-14-20)29-21-10-18-4-2-3-5-19(18)11-21/h2-5,12-14,16-17,21,25H,6-11,15,26H2,1H3,(H,27,28,29). The van der Waals surface area contributed by atoms with E-state index in [4.69, 9.17) is 16.0 Å². The summed E-state index contributed by atoms with van der Waals surface area (Å²) in [6.07, 6.45) is 7.96. The van der Waals surface area contributed by atoms with Gasteiger partial charge in [0.15, 0.2) is 0 Å². The Morgan fingerprint density at radius 2 is 1.91 bits per heavy atom. The van der Waals surface area contributed by atoms with E-state index in [-0.39, 0.29) is 24.7 Å². The monoisotopic (exact) mass is 449 g/mol. The fourth-order valence-corrected chi connectivity index (χ4v) is 4.58. The summed E-state index contributed by atoms with van der Waals surface area (Å²) in [5.41, 5.74) is 3.65. The van der Waals surface area contributed by atoms with Gasteiger partial charge in [-0.25, -0.2) is 9.97 Å². The average molecular weight is 450 g/mol. The second-order valence-electron chi connectivity index (χ2n) is 8.72. The number of likely N-dealkylation sites (tertiary alicyclic amines) is 1. The molecule has 0 spiro atoms. The molecule has 0 saturated carbocycles. The quantitative estimate of drug-likeness (QED) is 0.322. The number of hydrogen-bond acceptors (Lipinski definition) is 8. The van der Waals surface area contributed by atoms with Crippen molar-refractivity contribution in [1.29, 1.82) is 5.41 Å². The summed E-state index contributed by atoms with van der Waals surface area (Å²) in [6, 6.07) is 8.74. The van der Waals surface area contributed by atoms with E-state index >= 15 is 0 Å². The molecule has 33 heavy (non-hydrogen) atoms. The molecular weight excluding hydrogens is 418 g/mol. The van der Waals surface area contributed by atoms with Crippen molar-refractivity contribution in [2.45, 2.75) is 44.8 Å². The lowest BCUT2D eigenvalue weighted by Gasteiger charge is -2.34. The van der Waals surface area contributed by atoms with Crippen LogP contribution in [0.15, 0.2) is 41.8 Å². The average Bonchev–Trinajstić information content (AvgIpc) is 3.27. The SMILES string of the molecule is CC(OCC(C=N)=NN)C1CCN(C(=O)c2cnc(NC3Cc4ccccc4C3)nc2)CC1. The fourth-order valence-electron chi connectivity index (χ4n) is 4.58. The molecule has 4 N–H and O–H groups in total. The Balaban J connectivity index is 1.25. The van der Waals surface area contributed by atoms with Gasteiger partial charge in [0.1, 0.15) is 5.71 Å². The molecule has 1 aromatic carbocycles. The Morgan fingerprint density at radius 1 is 1.27 bits per heavy atom. The van der Waals surface area contributed by atoms with Gasteiger partial charge in [-0.05, 0) is 49.7 Å². The van der Waals surface area contributed by atoms with Gasteiger partial charge in [-0.2, -0.15) is 5.10 Å². The summed E-state index contributed by atoms with van der Waals surface area (Å²) < 4.78 is 5.80. The van der Waals surface area contributed by atoms with Crippen LogP contribution in [-0.4, -0.2) is 64.5 Å². The zero-order chi connectivity index (χ0) is 23.2. The van der Waals surface area contributed by atoms with Crippen LogP contribution in [0.2, 0.25) is 0 Å². The molecule has 1 atom stereocenters. The molecule has 2 aromatic rings. The third-order valence-corrected chi connectivity index (χ3v) is 6.60. The third kappa shape index (κ3) is 5.54. The molecule has 1 aromatic heterocycles. The van der Waals surface area contributed by atoms with Gasteiger partial charge in [0, 0.05) is 37.7 Å². The van der Waals surface area contributed by atoms with Crippen molar-refractivity contribution in [1.82, 2.24) is 14.9 Å². The highest BCUT2D eigenvalue weighted by molar-refractivity contribution is 6.30. The second kappa shape index (κ2) is 10.5. The van der Waals surface area contributed by atoms with Gasteiger partial charge in [-0.15, -0.1) is 0 Å². The number of nitrogens with two attached hydrogens (primary N) is 1. The van der Waals surface area contributed by atoms with E-state index in [1.807, 2.05) is 11.8 Å². The highest BCUT2D eigenvalue weighted by Gasteiger charge is 2.28. The second-order valence-corrected chi connectivity index (χ2v) is 8.72. The van der Waals surface area contributed by atoms with E-state index < -0.39 is 0 Å². The van der Waals surface area contributed by atoms with Gasteiger partial charge in [0.05, 0.1) is 18.3 Å². The number of rotatable bonds is 8. The van der Waals surface area contributed by atoms with Crippen molar-refractivity contribution < 1.29 is 9.53 Å². The minimum atomic E-state index is -0.0387. The Labute approximate surface area is 194 Å². The summed E-state index contributed by atoms with van der Waals surface area (Å²) in [5, 5.41) is 14.1. The maximum Gasteiger partial charge on any atom is 0.256 e. The number of ether oxygens (including phenoxy) is 1. The van der Waals surface area contributed by atoms with Crippen molar-refractivity contribution in [2.24, 2.45) is 16.9 Å². The van der Waals surface area contributed by atoms with Crippen LogP contribution in [-0.2, 0) is 17.6 Å². The summed E-state index contributed by atoms with van der Waals surface area (Å²) >= 11 is 0. The normalized spacial score (nSPS) is 18.1. The molecule has 2 aliphatic rings. The molecule has 1 amide bonds. The van der Waals surface area contributed by atoms with Crippen molar-refractivity contribution in [3.63, 3.8) is 0 Å². The third-order valence-electron chi connectivity index (χ3n) is 6.60. The van der Waals surface area contributed by atoms with Crippen molar-refractivity contribution in [2.75, 3.05) is 25.0 Å². The smallest absolute Gasteiger partial charge is 0.256 e. The van der Waals surface area contributed by atoms with E-state index in [1.54, 1.807) is 12.4 Å². The number of aromatic nitrogens is 2. The lowest BCUT2D eigenvalue weighted by molar-refractivity contribution is 0.0201. The van der Waals surface area contributed by atoms with E-state index in [0.29, 0.717) is 36.2 Å². The van der Waals surface area contributed by atoms with Crippen LogP contribution in [0, 0.1) is 11.3 Å². The maximum absolute atomic E-state index is 12.9. The van der Waals surface area contributed by atoms with E-state index in [9.17, 15) is 4.79 Å². The first-order valence-electron chi connectivity index (χ1n) is 11.4. The molecule has 174 valence electrons. The minimum Gasteiger partial charge on any atom is -0.372 e. The Kier molecular flexibility index (Phi) is 7.29. The van der Waals surface area contributed by atoms with Crippen LogP contribution in [0.3, 0.4) is 0 Å². The number of anilines is 1. The van der Waals surface area contributed by atoms with Crippen LogP contribution >= 0.6 is 0 Å². The molecule has 0 bridgehead atoms. The number of nitrogens with one attached hydrogen (secondary N) is 2. The van der Waals surface area contributed by atoms with E-state index in [0.717, 1.165) is 31.9 Å². The first kappa shape index (κ1) is 22.8. The molecule has 0 radical (unpaired) electrons. The Bertz CT molecular complexity index is 975. The van der Waals surface area contributed by atoms with Crippen LogP contribution in [0.1, 0.15) is 41.3 Å². The van der Waals surface area contributed by atoms with Gasteiger partial charge < -0.3 is 26.2 Å². The first-order valence-corrected chi connectivity index (χ1v) is 11.4. The fraction of sp³-hybridized carbons (Fsp3) is 0.458. The van der Waals surface area contributed by atoms with Gasteiger partial charge in [0.25, 0.3) is 5.91 Å². The van der Waals surface area contributed by atoms with Gasteiger partial charge in [0.2, 0.25) is 5.95 Å². The number of carbonyl (C=O) groups excluding carboxylic acids is 1. The summed E-state index contributed by atoms with van der Waals surface area (Å²) in [7, 11) is 0. The molecule has 1 fully saturated rings. The van der Waals surface area contributed by atoms with Crippen LogP contribution < -0.4 is 11.2 Å². The van der Waals surface area contributed by atoms with Crippen molar-refractivity contribution >= 4 is 23.8 Å². The lowest BCUT2D eigenvalue weighted by atomic mass is 9.91. The molecule has 4 rings (SSSR count). The summed E-state index contributed by atoms with van der Waals surface area (Å²) in [5.74, 6) is 6.08. The molecule has 2 heterocycles. The summed E-state index contributed by atoms with van der Waals surface area (Å²) in [6.45, 7) is 3.58. The van der Waals surface area contributed by atoms with E-state index in [2.05, 4.69) is 44.7 Å².